The van der Waals surface area contributed by atoms with Crippen LogP contribution in [-0.4, -0.2) is 33.9 Å². The molecule has 1 aromatic heterocycles. The Kier molecular flexibility index (Phi) is 2.84. The van der Waals surface area contributed by atoms with E-state index in [0.29, 0.717) is 12.3 Å². The molecular weight excluding hydrogens is 180 g/mol. The van der Waals surface area contributed by atoms with Gasteiger partial charge in [0.25, 0.3) is 0 Å². The maximum absolute atomic E-state index is 9.91. The van der Waals surface area contributed by atoms with Crippen molar-refractivity contribution < 1.29 is 9.84 Å². The Bertz CT molecular complexity index is 274. The zero-order valence-electron chi connectivity index (χ0n) is 8.31. The van der Waals surface area contributed by atoms with Crippen LogP contribution >= 0.6 is 0 Å². The molecule has 0 spiro atoms. The number of aromatic amines is 1. The van der Waals surface area contributed by atoms with E-state index < -0.39 is 6.10 Å². The molecule has 3 atom stereocenters. The number of aliphatic hydroxyl groups excluding tert-OH is 1. The Morgan fingerprint density at radius 3 is 3.21 bits per heavy atom. The van der Waals surface area contributed by atoms with Crippen LogP contribution in [0.5, 0.6) is 0 Å². The SMILES string of the molecule is CC1CCOC1C(O)Cc1ncc[nH]1. The lowest BCUT2D eigenvalue weighted by molar-refractivity contribution is -0.0165. The lowest BCUT2D eigenvalue weighted by Gasteiger charge is -2.20. The molecule has 4 nitrogen and oxygen atoms in total. The summed E-state index contributed by atoms with van der Waals surface area (Å²) in [5.41, 5.74) is 0. The van der Waals surface area contributed by atoms with Crippen LogP contribution in [0.15, 0.2) is 12.4 Å². The quantitative estimate of drug-likeness (QED) is 0.749. The van der Waals surface area contributed by atoms with Crippen molar-refractivity contribution in [3.05, 3.63) is 18.2 Å². The smallest absolute Gasteiger partial charge is 0.108 e. The normalized spacial score (nSPS) is 29.3. The Morgan fingerprint density at radius 2 is 2.64 bits per heavy atom. The number of aromatic nitrogens is 2. The van der Waals surface area contributed by atoms with Crippen LogP contribution in [0.3, 0.4) is 0 Å². The monoisotopic (exact) mass is 196 g/mol. The molecule has 1 aliphatic heterocycles. The molecule has 1 saturated heterocycles. The zero-order valence-corrected chi connectivity index (χ0v) is 8.31. The number of nitrogens with one attached hydrogen (secondary N) is 1. The minimum Gasteiger partial charge on any atom is -0.390 e. The highest BCUT2D eigenvalue weighted by atomic mass is 16.5. The summed E-state index contributed by atoms with van der Waals surface area (Å²) >= 11 is 0. The van der Waals surface area contributed by atoms with Gasteiger partial charge in [-0.3, -0.25) is 0 Å². The number of hydrogen-bond donors (Lipinski definition) is 2. The topological polar surface area (TPSA) is 58.1 Å². The lowest BCUT2D eigenvalue weighted by Crippen LogP contribution is -2.32. The molecule has 3 unspecified atom stereocenters. The molecule has 2 heterocycles. The first kappa shape index (κ1) is 9.68. The molecule has 14 heavy (non-hydrogen) atoms. The number of H-pyrrole nitrogens is 1. The maximum atomic E-state index is 9.91. The van der Waals surface area contributed by atoms with Crippen LogP contribution in [0.1, 0.15) is 19.2 Å². The number of nitrogens with zero attached hydrogens (tertiary/aromatic N) is 1. The van der Waals surface area contributed by atoms with E-state index in [2.05, 4.69) is 16.9 Å². The number of rotatable bonds is 3. The Hall–Kier alpha value is -0.870. The van der Waals surface area contributed by atoms with Gasteiger partial charge in [0, 0.05) is 25.4 Å². The molecule has 2 rings (SSSR count). The summed E-state index contributed by atoms with van der Waals surface area (Å²) in [6.07, 6.45) is 4.57. The van der Waals surface area contributed by atoms with Crippen LogP contribution < -0.4 is 0 Å². The molecule has 1 aliphatic rings. The van der Waals surface area contributed by atoms with E-state index in [4.69, 9.17) is 4.74 Å². The largest absolute Gasteiger partial charge is 0.390 e. The van der Waals surface area contributed by atoms with Crippen molar-refractivity contribution in [3.63, 3.8) is 0 Å². The second-order valence-corrected chi connectivity index (χ2v) is 3.91. The lowest BCUT2D eigenvalue weighted by atomic mass is 9.97. The van der Waals surface area contributed by atoms with E-state index in [1.54, 1.807) is 12.4 Å². The van der Waals surface area contributed by atoms with E-state index in [-0.39, 0.29) is 6.10 Å². The standard InChI is InChI=1S/C10H16N2O2/c1-7-2-5-14-10(7)8(13)6-9-11-3-4-12-9/h3-4,7-8,10,13H,2,5-6H2,1H3,(H,11,12). The van der Waals surface area contributed by atoms with Crippen LogP contribution in [0.2, 0.25) is 0 Å². The molecule has 4 heteroatoms. The number of hydrogen-bond acceptors (Lipinski definition) is 3. The van der Waals surface area contributed by atoms with Gasteiger partial charge < -0.3 is 14.8 Å². The summed E-state index contributed by atoms with van der Waals surface area (Å²) in [5.74, 6) is 1.26. The molecular formula is C10H16N2O2. The predicted octanol–water partition coefficient (Wildman–Crippen LogP) is 0.738. The average Bonchev–Trinajstić information content (AvgIpc) is 2.75. The van der Waals surface area contributed by atoms with Gasteiger partial charge in [-0.1, -0.05) is 6.92 Å². The van der Waals surface area contributed by atoms with E-state index >= 15 is 0 Å². The molecule has 1 aromatic rings. The second kappa shape index (κ2) is 4.11. The third kappa shape index (κ3) is 1.96. The van der Waals surface area contributed by atoms with Gasteiger partial charge in [0.15, 0.2) is 0 Å². The van der Waals surface area contributed by atoms with Gasteiger partial charge in [-0.15, -0.1) is 0 Å². The van der Waals surface area contributed by atoms with Gasteiger partial charge in [-0.05, 0) is 12.3 Å². The van der Waals surface area contributed by atoms with Crippen LogP contribution in [0, 0.1) is 5.92 Å². The molecule has 0 saturated carbocycles. The van der Waals surface area contributed by atoms with Gasteiger partial charge in [-0.25, -0.2) is 4.98 Å². The van der Waals surface area contributed by atoms with Crippen molar-refractivity contribution >= 4 is 0 Å². The summed E-state index contributed by atoms with van der Waals surface area (Å²) in [5, 5.41) is 9.91. The molecule has 2 N–H and O–H groups in total. The fraction of sp³-hybridized carbons (Fsp3) is 0.700. The first-order valence-electron chi connectivity index (χ1n) is 5.05. The first-order valence-corrected chi connectivity index (χ1v) is 5.05. The highest BCUT2D eigenvalue weighted by Gasteiger charge is 2.31. The van der Waals surface area contributed by atoms with Crippen molar-refractivity contribution in [1.29, 1.82) is 0 Å². The third-order valence-electron chi connectivity index (χ3n) is 2.78. The number of imidazole rings is 1. The Morgan fingerprint density at radius 1 is 1.79 bits per heavy atom. The summed E-state index contributed by atoms with van der Waals surface area (Å²) in [7, 11) is 0. The van der Waals surface area contributed by atoms with Crippen molar-refractivity contribution in [1.82, 2.24) is 9.97 Å². The molecule has 0 radical (unpaired) electrons. The van der Waals surface area contributed by atoms with Gasteiger partial charge in [0.1, 0.15) is 5.82 Å². The average molecular weight is 196 g/mol. The minimum atomic E-state index is -0.446. The highest BCUT2D eigenvalue weighted by molar-refractivity contribution is 4.92. The summed E-state index contributed by atoms with van der Waals surface area (Å²) in [4.78, 5) is 7.06. The van der Waals surface area contributed by atoms with Crippen LogP contribution in [-0.2, 0) is 11.2 Å². The van der Waals surface area contributed by atoms with Crippen molar-refractivity contribution in [2.75, 3.05) is 6.61 Å². The summed E-state index contributed by atoms with van der Waals surface area (Å²) < 4.78 is 5.48. The van der Waals surface area contributed by atoms with E-state index in [0.717, 1.165) is 18.9 Å². The van der Waals surface area contributed by atoms with Gasteiger partial charge in [0.05, 0.1) is 12.2 Å². The molecule has 0 aliphatic carbocycles. The van der Waals surface area contributed by atoms with Crippen LogP contribution in [0.25, 0.3) is 0 Å². The highest BCUT2D eigenvalue weighted by Crippen LogP contribution is 2.23. The fourth-order valence-corrected chi connectivity index (χ4v) is 1.93. The minimum absolute atomic E-state index is 0.0277. The second-order valence-electron chi connectivity index (χ2n) is 3.91. The van der Waals surface area contributed by atoms with Crippen molar-refractivity contribution in [3.8, 4) is 0 Å². The van der Waals surface area contributed by atoms with E-state index in [1.165, 1.54) is 0 Å². The number of ether oxygens (including phenoxy) is 1. The molecule has 0 amide bonds. The third-order valence-corrected chi connectivity index (χ3v) is 2.78. The van der Waals surface area contributed by atoms with Crippen molar-refractivity contribution in [2.24, 2.45) is 5.92 Å². The fourth-order valence-electron chi connectivity index (χ4n) is 1.93. The Labute approximate surface area is 83.3 Å². The number of aliphatic hydroxyl groups is 1. The molecule has 1 fully saturated rings. The molecule has 0 aromatic carbocycles. The molecule has 0 bridgehead atoms. The van der Waals surface area contributed by atoms with E-state index in [9.17, 15) is 5.11 Å². The predicted molar refractivity (Wildman–Crippen MR) is 51.8 cm³/mol. The summed E-state index contributed by atoms with van der Waals surface area (Å²) in [6, 6.07) is 0. The van der Waals surface area contributed by atoms with Crippen molar-refractivity contribution in [2.45, 2.75) is 32.0 Å². The summed E-state index contributed by atoms with van der Waals surface area (Å²) in [6.45, 7) is 2.88. The van der Waals surface area contributed by atoms with E-state index in [1.807, 2.05) is 0 Å². The zero-order chi connectivity index (χ0) is 9.97. The van der Waals surface area contributed by atoms with Gasteiger partial charge in [-0.2, -0.15) is 0 Å². The molecule has 78 valence electrons. The maximum Gasteiger partial charge on any atom is 0.108 e. The van der Waals surface area contributed by atoms with Gasteiger partial charge in [0.2, 0.25) is 0 Å². The van der Waals surface area contributed by atoms with Gasteiger partial charge >= 0.3 is 0 Å². The Balaban J connectivity index is 1.92. The first-order chi connectivity index (χ1) is 6.77. The van der Waals surface area contributed by atoms with Crippen LogP contribution in [0.4, 0.5) is 0 Å².